The highest BCUT2D eigenvalue weighted by Crippen LogP contribution is 2.41. The fourth-order valence-electron chi connectivity index (χ4n) is 3.44. The van der Waals surface area contributed by atoms with Crippen LogP contribution in [0.4, 0.5) is 5.69 Å². The van der Waals surface area contributed by atoms with E-state index in [0.717, 1.165) is 27.6 Å². The van der Waals surface area contributed by atoms with E-state index in [-0.39, 0.29) is 5.91 Å². The third-order valence-corrected chi connectivity index (χ3v) is 4.67. The number of nitrogens with zero attached hydrogens (tertiary/aromatic N) is 1. The molecule has 0 atom stereocenters. The molecular formula is C21H19NO2. The van der Waals surface area contributed by atoms with Crippen molar-refractivity contribution in [2.24, 2.45) is 0 Å². The molecule has 0 spiro atoms. The van der Waals surface area contributed by atoms with Crippen molar-refractivity contribution in [3.8, 4) is 11.1 Å². The van der Waals surface area contributed by atoms with Gasteiger partial charge in [-0.05, 0) is 35.6 Å². The molecule has 4 rings (SSSR count). The van der Waals surface area contributed by atoms with Crippen molar-refractivity contribution >= 4 is 22.4 Å². The van der Waals surface area contributed by atoms with Gasteiger partial charge in [-0.1, -0.05) is 48.0 Å². The molecule has 1 aliphatic rings. The molecule has 0 saturated heterocycles. The lowest BCUT2D eigenvalue weighted by molar-refractivity contribution is 0.0982. The highest BCUT2D eigenvalue weighted by atomic mass is 16.5. The number of amides is 1. The van der Waals surface area contributed by atoms with Crippen LogP contribution in [0.1, 0.15) is 15.9 Å². The largest absolute Gasteiger partial charge is 0.383 e. The Hall–Kier alpha value is -2.65. The molecule has 0 fully saturated rings. The predicted molar refractivity (Wildman–Crippen MR) is 97.7 cm³/mol. The van der Waals surface area contributed by atoms with E-state index >= 15 is 0 Å². The van der Waals surface area contributed by atoms with Gasteiger partial charge < -0.3 is 9.64 Å². The topological polar surface area (TPSA) is 29.5 Å². The Kier molecular flexibility index (Phi) is 3.58. The summed E-state index contributed by atoms with van der Waals surface area (Å²) in [5.41, 5.74) is 5.35. The van der Waals surface area contributed by atoms with Gasteiger partial charge in [0.15, 0.2) is 0 Å². The average Bonchev–Trinajstić information content (AvgIpc) is 2.88. The third kappa shape index (κ3) is 2.21. The van der Waals surface area contributed by atoms with Crippen molar-refractivity contribution in [2.45, 2.75) is 6.92 Å². The monoisotopic (exact) mass is 317 g/mol. The van der Waals surface area contributed by atoms with E-state index in [4.69, 9.17) is 4.74 Å². The number of ether oxygens (including phenoxy) is 1. The molecule has 0 aromatic heterocycles. The molecule has 1 aliphatic heterocycles. The van der Waals surface area contributed by atoms with Crippen molar-refractivity contribution < 1.29 is 9.53 Å². The molecule has 3 nitrogen and oxygen atoms in total. The zero-order chi connectivity index (χ0) is 16.7. The van der Waals surface area contributed by atoms with Gasteiger partial charge in [0.05, 0.1) is 12.3 Å². The Balaban J connectivity index is 1.91. The summed E-state index contributed by atoms with van der Waals surface area (Å²) in [4.78, 5) is 14.6. The maximum atomic E-state index is 12.7. The summed E-state index contributed by atoms with van der Waals surface area (Å²) >= 11 is 0. The van der Waals surface area contributed by atoms with Gasteiger partial charge in [0.2, 0.25) is 0 Å². The summed E-state index contributed by atoms with van der Waals surface area (Å²) in [5, 5.41) is 2.18. The second kappa shape index (κ2) is 5.77. The van der Waals surface area contributed by atoms with Crippen molar-refractivity contribution in [1.82, 2.24) is 0 Å². The Labute approximate surface area is 141 Å². The van der Waals surface area contributed by atoms with E-state index in [1.165, 1.54) is 11.1 Å². The lowest BCUT2D eigenvalue weighted by Gasteiger charge is -2.17. The predicted octanol–water partition coefficient (Wildman–Crippen LogP) is 4.42. The summed E-state index contributed by atoms with van der Waals surface area (Å²) < 4.78 is 5.16. The number of hydrogen-bond acceptors (Lipinski definition) is 2. The number of methoxy groups -OCH3 is 1. The fourth-order valence-corrected chi connectivity index (χ4v) is 3.44. The third-order valence-electron chi connectivity index (χ3n) is 4.67. The van der Waals surface area contributed by atoms with Crippen LogP contribution in [-0.4, -0.2) is 26.2 Å². The summed E-state index contributed by atoms with van der Waals surface area (Å²) in [6.07, 6.45) is 0. The molecule has 3 heteroatoms. The lowest BCUT2D eigenvalue weighted by atomic mass is 9.95. The highest BCUT2D eigenvalue weighted by Gasteiger charge is 2.30. The summed E-state index contributed by atoms with van der Waals surface area (Å²) in [7, 11) is 1.66. The molecule has 120 valence electrons. The second-order valence-corrected chi connectivity index (χ2v) is 6.18. The standard InChI is InChI=1S/C21H19NO2/c1-14-6-8-15(9-7-14)16-10-11-19-20-17(16)4-3-5-18(20)21(23)22(19)12-13-24-2/h3-11H,12-13H2,1-2H3. The minimum Gasteiger partial charge on any atom is -0.383 e. The Bertz CT molecular complexity index is 928. The fraction of sp³-hybridized carbons (Fsp3) is 0.190. The molecule has 0 aliphatic carbocycles. The van der Waals surface area contributed by atoms with Gasteiger partial charge >= 0.3 is 0 Å². The maximum absolute atomic E-state index is 12.7. The van der Waals surface area contributed by atoms with Gasteiger partial charge in [-0.2, -0.15) is 0 Å². The number of benzene rings is 3. The zero-order valence-corrected chi connectivity index (χ0v) is 13.9. The van der Waals surface area contributed by atoms with Crippen molar-refractivity contribution in [2.75, 3.05) is 25.2 Å². The van der Waals surface area contributed by atoms with E-state index < -0.39 is 0 Å². The molecule has 24 heavy (non-hydrogen) atoms. The number of carbonyl (C=O) groups excluding carboxylic acids is 1. The number of aryl methyl sites for hydroxylation is 1. The molecule has 0 N–H and O–H groups in total. The molecule has 3 aromatic rings. The summed E-state index contributed by atoms with van der Waals surface area (Å²) in [6, 6.07) is 18.7. The van der Waals surface area contributed by atoms with Crippen molar-refractivity contribution in [1.29, 1.82) is 0 Å². The second-order valence-electron chi connectivity index (χ2n) is 6.18. The van der Waals surface area contributed by atoms with Gasteiger partial charge in [0.25, 0.3) is 5.91 Å². The van der Waals surface area contributed by atoms with Gasteiger partial charge in [-0.15, -0.1) is 0 Å². The minimum atomic E-state index is 0.0636. The number of carbonyl (C=O) groups is 1. The summed E-state index contributed by atoms with van der Waals surface area (Å²) in [5.74, 6) is 0.0636. The number of rotatable bonds is 4. The maximum Gasteiger partial charge on any atom is 0.259 e. The molecular weight excluding hydrogens is 298 g/mol. The van der Waals surface area contributed by atoms with Crippen molar-refractivity contribution in [3.05, 3.63) is 65.7 Å². The lowest BCUT2D eigenvalue weighted by Crippen LogP contribution is -2.30. The number of anilines is 1. The Morgan fingerprint density at radius 3 is 2.50 bits per heavy atom. The van der Waals surface area contributed by atoms with Crippen LogP contribution in [0.15, 0.2) is 54.6 Å². The van der Waals surface area contributed by atoms with E-state index in [2.05, 4.69) is 49.4 Å². The highest BCUT2D eigenvalue weighted by molar-refractivity contribution is 6.26. The van der Waals surface area contributed by atoms with Crippen LogP contribution in [0.5, 0.6) is 0 Å². The molecule has 0 bridgehead atoms. The van der Waals surface area contributed by atoms with Gasteiger partial charge in [-0.3, -0.25) is 4.79 Å². The van der Waals surface area contributed by atoms with E-state index in [9.17, 15) is 4.79 Å². The van der Waals surface area contributed by atoms with E-state index in [1.807, 2.05) is 17.0 Å². The zero-order valence-electron chi connectivity index (χ0n) is 13.9. The van der Waals surface area contributed by atoms with Gasteiger partial charge in [0.1, 0.15) is 0 Å². The minimum absolute atomic E-state index is 0.0636. The van der Waals surface area contributed by atoms with Crippen LogP contribution in [-0.2, 0) is 4.74 Å². The van der Waals surface area contributed by atoms with Crippen LogP contribution in [0.2, 0.25) is 0 Å². The molecule has 0 saturated carbocycles. The van der Waals surface area contributed by atoms with E-state index in [1.54, 1.807) is 7.11 Å². The van der Waals surface area contributed by atoms with Crippen LogP contribution in [0.3, 0.4) is 0 Å². The average molecular weight is 317 g/mol. The van der Waals surface area contributed by atoms with Crippen LogP contribution < -0.4 is 4.90 Å². The van der Waals surface area contributed by atoms with Gasteiger partial charge in [0, 0.05) is 24.6 Å². The van der Waals surface area contributed by atoms with E-state index in [0.29, 0.717) is 13.2 Å². The molecule has 3 aromatic carbocycles. The summed E-state index contributed by atoms with van der Waals surface area (Å²) in [6.45, 7) is 3.19. The van der Waals surface area contributed by atoms with Crippen LogP contribution >= 0.6 is 0 Å². The molecule has 1 amide bonds. The van der Waals surface area contributed by atoms with Crippen LogP contribution in [0.25, 0.3) is 21.9 Å². The SMILES string of the molecule is COCCN1C(=O)c2cccc3c(-c4ccc(C)cc4)ccc1c23. The first-order valence-electron chi connectivity index (χ1n) is 8.14. The normalized spacial score (nSPS) is 13.1. The van der Waals surface area contributed by atoms with Gasteiger partial charge in [-0.25, -0.2) is 0 Å². The quantitative estimate of drug-likeness (QED) is 0.713. The van der Waals surface area contributed by atoms with Crippen LogP contribution in [0, 0.1) is 6.92 Å². The van der Waals surface area contributed by atoms with Crippen molar-refractivity contribution in [3.63, 3.8) is 0 Å². The first-order chi connectivity index (χ1) is 11.7. The smallest absolute Gasteiger partial charge is 0.259 e. The Morgan fingerprint density at radius 2 is 1.75 bits per heavy atom. The first kappa shape index (κ1) is 14.9. The molecule has 0 unspecified atom stereocenters. The number of hydrogen-bond donors (Lipinski definition) is 0. The Morgan fingerprint density at radius 1 is 0.958 bits per heavy atom. The molecule has 0 radical (unpaired) electrons. The first-order valence-corrected chi connectivity index (χ1v) is 8.14. The molecule has 1 heterocycles.